The highest BCUT2D eigenvalue weighted by molar-refractivity contribution is 6.06. The molecule has 0 N–H and O–H groups in total. The molecule has 546 valence electrons. The second-order valence-electron chi connectivity index (χ2n) is 32.1. The Labute approximate surface area is 671 Å². The summed E-state index contributed by atoms with van der Waals surface area (Å²) in [6, 6.07) is 124. The SMILES string of the molecule is CC1(C)c2ccccc2-c2nc3ccccc3c(-c3ccc(-c4cccc(-c5cccnc5)c4)cc3)c21.CC1(C)c2ccccc2-c2nc3ccccc3c(-c3ccc(-c4cccc(-c5ccncc5)c4)cc3)c21.CC1(C)c2ccccc2-c2nc3ccccc3c(-c3ccc(-c4cccc(-c5cnc6ccccc6c5)c4)cc3)c21. The molecule has 6 nitrogen and oxygen atoms in total. The van der Waals surface area contributed by atoms with Crippen LogP contribution in [0.4, 0.5) is 0 Å². The smallest absolute Gasteiger partial charge is 0.0759 e. The van der Waals surface area contributed by atoms with E-state index in [-0.39, 0.29) is 16.2 Å². The zero-order valence-corrected chi connectivity index (χ0v) is 65.0. The van der Waals surface area contributed by atoms with Crippen LogP contribution in [0.2, 0.25) is 0 Å². The van der Waals surface area contributed by atoms with Crippen molar-refractivity contribution in [2.24, 2.45) is 0 Å². The maximum absolute atomic E-state index is 5.20. The lowest BCUT2D eigenvalue weighted by Crippen LogP contribution is -2.16. The monoisotopic (exact) mass is 1470 g/mol. The summed E-state index contributed by atoms with van der Waals surface area (Å²) in [5.41, 5.74) is 40.5. The number of hydrogen-bond donors (Lipinski definition) is 0. The van der Waals surface area contributed by atoms with Crippen molar-refractivity contribution < 1.29 is 0 Å². The Hall–Kier alpha value is -14.2. The van der Waals surface area contributed by atoms with E-state index in [9.17, 15) is 0 Å². The highest BCUT2D eigenvalue weighted by Gasteiger charge is 2.43. The van der Waals surface area contributed by atoms with Crippen LogP contribution < -0.4 is 0 Å². The van der Waals surface area contributed by atoms with Crippen LogP contribution in [-0.2, 0) is 16.2 Å². The molecular formula is C109H80N6. The van der Waals surface area contributed by atoms with Crippen LogP contribution in [0, 0.1) is 0 Å². The van der Waals surface area contributed by atoms with Gasteiger partial charge in [-0.15, -0.1) is 0 Å². The van der Waals surface area contributed by atoms with E-state index in [0.29, 0.717) is 0 Å². The van der Waals surface area contributed by atoms with Gasteiger partial charge in [-0.3, -0.25) is 15.0 Å². The van der Waals surface area contributed by atoms with E-state index in [1.807, 2.05) is 43.1 Å². The predicted octanol–water partition coefficient (Wildman–Crippen LogP) is 28.0. The third-order valence-electron chi connectivity index (χ3n) is 24.2. The summed E-state index contributed by atoms with van der Waals surface area (Å²) in [6.07, 6.45) is 9.38. The molecule has 0 spiro atoms. The van der Waals surface area contributed by atoms with Gasteiger partial charge in [-0.05, 0) is 189 Å². The minimum absolute atomic E-state index is 0.129. The molecule has 19 aromatic rings. The van der Waals surface area contributed by atoms with Crippen LogP contribution in [0.25, 0.3) is 178 Å². The Balaban J connectivity index is 0.000000112. The van der Waals surface area contributed by atoms with Crippen LogP contribution in [0.1, 0.15) is 74.9 Å². The summed E-state index contributed by atoms with van der Waals surface area (Å²) in [5, 5.41) is 4.76. The minimum Gasteiger partial charge on any atom is -0.265 e. The molecule has 3 aliphatic carbocycles. The lowest BCUT2D eigenvalue weighted by molar-refractivity contribution is 0.661. The maximum Gasteiger partial charge on any atom is 0.0759 e. The van der Waals surface area contributed by atoms with Gasteiger partial charge in [-0.25, -0.2) is 15.0 Å². The zero-order chi connectivity index (χ0) is 77.5. The molecular weight excluding hydrogens is 1390 g/mol. The molecule has 6 heterocycles. The molecule has 0 fully saturated rings. The van der Waals surface area contributed by atoms with Gasteiger partial charge in [0.15, 0.2) is 0 Å². The Kier molecular flexibility index (Phi) is 17.2. The standard InChI is InChI=1S/C39H28N2.2C35H26N2/c1-39(2)33-15-6-4-13-31(33)38-37(39)36(32-14-5-8-17-35(32)41-38)26-20-18-25(19-21-26)27-11-9-12-28(22-27)30-23-29-10-3-7-16-34(29)40-24-30;1-35(2)30-14-5-3-12-28(30)34-33(35)32(29-13-4-6-15-31(29)37-34)24-18-16-23(17-19-24)25-9-7-10-26(21-25)27-11-8-20-36-22-27;1-35(2)30-12-5-3-10-28(30)34-33(35)32(29-11-4-6-13-31(29)37-34)25-16-14-23(15-17-25)26-8-7-9-27(22-26)24-18-20-36-21-19-24/h3-24H,1-2H3;2*3-22H,1-2H3. The largest absolute Gasteiger partial charge is 0.265 e. The van der Waals surface area contributed by atoms with Crippen molar-refractivity contribution in [1.29, 1.82) is 0 Å². The summed E-state index contributed by atoms with van der Waals surface area (Å²) in [6.45, 7) is 14.0. The summed E-state index contributed by atoms with van der Waals surface area (Å²) in [7, 11) is 0. The van der Waals surface area contributed by atoms with Crippen molar-refractivity contribution >= 4 is 43.6 Å². The van der Waals surface area contributed by atoms with Crippen LogP contribution in [0.3, 0.4) is 0 Å². The lowest BCUT2D eigenvalue weighted by atomic mass is 9.78. The van der Waals surface area contributed by atoms with Crippen LogP contribution in [0.15, 0.2) is 377 Å². The summed E-state index contributed by atoms with van der Waals surface area (Å²) in [5.74, 6) is 0. The van der Waals surface area contributed by atoms with E-state index >= 15 is 0 Å². The van der Waals surface area contributed by atoms with Crippen molar-refractivity contribution in [2.45, 2.75) is 57.8 Å². The van der Waals surface area contributed by atoms with Crippen molar-refractivity contribution in [3.05, 3.63) is 410 Å². The third kappa shape index (κ3) is 12.2. The van der Waals surface area contributed by atoms with Crippen molar-refractivity contribution in [3.8, 4) is 134 Å². The molecule has 0 radical (unpaired) electrons. The predicted molar refractivity (Wildman–Crippen MR) is 478 cm³/mol. The summed E-state index contributed by atoms with van der Waals surface area (Å²) in [4.78, 5) is 28.7. The molecule has 0 unspecified atom stereocenters. The normalized spacial score (nSPS) is 13.3. The number of benzene rings is 13. The van der Waals surface area contributed by atoms with E-state index in [0.717, 1.165) is 55.7 Å². The number of aromatic nitrogens is 6. The van der Waals surface area contributed by atoms with E-state index in [4.69, 9.17) is 15.0 Å². The summed E-state index contributed by atoms with van der Waals surface area (Å²) < 4.78 is 0. The first-order valence-electron chi connectivity index (χ1n) is 39.7. The lowest BCUT2D eigenvalue weighted by Gasteiger charge is -2.25. The highest BCUT2D eigenvalue weighted by Crippen LogP contribution is 2.57. The van der Waals surface area contributed by atoms with Crippen LogP contribution >= 0.6 is 0 Å². The fourth-order valence-electron chi connectivity index (χ4n) is 18.5. The van der Waals surface area contributed by atoms with Crippen molar-refractivity contribution in [1.82, 2.24) is 29.9 Å². The van der Waals surface area contributed by atoms with Gasteiger partial charge in [0.25, 0.3) is 0 Å². The molecule has 0 atom stereocenters. The molecule has 6 heteroatoms. The number of hydrogen-bond acceptors (Lipinski definition) is 6. The van der Waals surface area contributed by atoms with Gasteiger partial charge >= 0.3 is 0 Å². The second-order valence-corrected chi connectivity index (χ2v) is 32.1. The average Bonchev–Trinajstić information content (AvgIpc) is 1.57. The Morgan fingerprint density at radius 1 is 0.209 bits per heavy atom. The second kappa shape index (κ2) is 28.2. The molecule has 0 saturated heterocycles. The minimum atomic E-state index is -0.140. The van der Waals surface area contributed by atoms with E-state index < -0.39 is 0 Å². The van der Waals surface area contributed by atoms with Crippen molar-refractivity contribution in [2.75, 3.05) is 0 Å². The zero-order valence-electron chi connectivity index (χ0n) is 65.0. The van der Waals surface area contributed by atoms with Gasteiger partial charge in [-0.1, -0.05) is 321 Å². The van der Waals surface area contributed by atoms with Gasteiger partial charge in [0.1, 0.15) is 0 Å². The molecule has 0 amide bonds. The molecule has 115 heavy (non-hydrogen) atoms. The third-order valence-corrected chi connectivity index (χ3v) is 24.2. The number of nitrogens with zero attached hydrogens (tertiary/aromatic N) is 6. The average molecular weight is 1470 g/mol. The molecule has 22 rings (SSSR count). The molecule has 0 bridgehead atoms. The molecule has 0 saturated carbocycles. The number of rotatable bonds is 9. The first-order chi connectivity index (χ1) is 56.3. The maximum atomic E-state index is 5.20. The van der Waals surface area contributed by atoms with Gasteiger partial charge in [-0.2, -0.15) is 0 Å². The topological polar surface area (TPSA) is 77.3 Å². The number of pyridine rings is 6. The Morgan fingerprint density at radius 2 is 0.522 bits per heavy atom. The van der Waals surface area contributed by atoms with Gasteiger partial charge in [0.2, 0.25) is 0 Å². The Bertz CT molecular complexity index is 6750. The van der Waals surface area contributed by atoms with Crippen LogP contribution in [0.5, 0.6) is 0 Å². The van der Waals surface area contributed by atoms with E-state index in [2.05, 4.69) is 390 Å². The molecule has 3 aliphatic rings. The number of para-hydroxylation sites is 4. The molecule has 6 aromatic heterocycles. The Morgan fingerprint density at radius 3 is 0.904 bits per heavy atom. The van der Waals surface area contributed by atoms with E-state index in [1.54, 1.807) is 0 Å². The van der Waals surface area contributed by atoms with Crippen LogP contribution in [-0.4, -0.2) is 29.9 Å². The van der Waals surface area contributed by atoms with Crippen molar-refractivity contribution in [3.63, 3.8) is 0 Å². The number of fused-ring (bicyclic) bond motifs is 13. The first kappa shape index (κ1) is 70.0. The highest BCUT2D eigenvalue weighted by atomic mass is 14.8. The first-order valence-corrected chi connectivity index (χ1v) is 39.7. The summed E-state index contributed by atoms with van der Waals surface area (Å²) >= 11 is 0. The van der Waals surface area contributed by atoms with E-state index in [1.165, 1.54) is 155 Å². The van der Waals surface area contributed by atoms with Gasteiger partial charge in [0.05, 0.1) is 39.1 Å². The quantitative estimate of drug-likeness (QED) is 0.143. The molecule has 13 aromatic carbocycles. The van der Waals surface area contributed by atoms with Gasteiger partial charge < -0.3 is 0 Å². The fraction of sp³-hybridized carbons (Fsp3) is 0.0826. The van der Waals surface area contributed by atoms with Gasteiger partial charge in [0, 0.05) is 96.6 Å². The molecule has 0 aliphatic heterocycles. The fourth-order valence-corrected chi connectivity index (χ4v) is 18.5.